The molecule has 0 radical (unpaired) electrons. The number of rotatable bonds is 5. The van der Waals surface area contributed by atoms with Gasteiger partial charge in [-0.2, -0.15) is 0 Å². The molecular weight excluding hydrogens is 356 g/mol. The van der Waals surface area contributed by atoms with Crippen molar-refractivity contribution < 1.29 is 23.1 Å². The minimum absolute atomic E-state index is 0.0288. The maximum atomic E-state index is 14.4. The largest absolute Gasteiger partial charge is 0.461 e. The molecule has 1 N–H and O–H groups in total. The zero-order valence-electron chi connectivity index (χ0n) is 15.5. The molecule has 0 saturated carbocycles. The quantitative estimate of drug-likeness (QED) is 0.628. The molecule has 1 aromatic carbocycles. The second-order valence-electron chi connectivity index (χ2n) is 6.87. The van der Waals surface area contributed by atoms with E-state index < -0.39 is 17.6 Å². The van der Waals surface area contributed by atoms with Gasteiger partial charge < -0.3 is 19.8 Å². The van der Waals surface area contributed by atoms with Gasteiger partial charge in [0, 0.05) is 44.5 Å². The van der Waals surface area contributed by atoms with Crippen LogP contribution in [-0.2, 0) is 21.0 Å². The lowest BCUT2D eigenvalue weighted by Crippen LogP contribution is -2.35. The molecule has 2 heterocycles. The summed E-state index contributed by atoms with van der Waals surface area (Å²) >= 11 is 0. The molecule has 8 heteroatoms. The van der Waals surface area contributed by atoms with E-state index in [0.717, 1.165) is 37.7 Å². The van der Waals surface area contributed by atoms with Gasteiger partial charge >= 0.3 is 5.97 Å². The van der Waals surface area contributed by atoms with Gasteiger partial charge in [0.2, 0.25) is 0 Å². The fraction of sp³-hybridized carbons (Fsp3) is 0.579. The Morgan fingerprint density at radius 1 is 1.22 bits per heavy atom. The Kier molecular flexibility index (Phi) is 6.60. The second-order valence-corrected chi connectivity index (χ2v) is 6.87. The zero-order chi connectivity index (χ0) is 19.2. The van der Waals surface area contributed by atoms with Crippen molar-refractivity contribution in [3.63, 3.8) is 0 Å². The van der Waals surface area contributed by atoms with Crippen LogP contribution >= 0.6 is 0 Å². The van der Waals surface area contributed by atoms with Crippen LogP contribution in [0.1, 0.15) is 38.2 Å². The van der Waals surface area contributed by atoms with Crippen LogP contribution in [0.15, 0.2) is 17.3 Å². The third-order valence-electron chi connectivity index (χ3n) is 4.85. The summed E-state index contributed by atoms with van der Waals surface area (Å²) in [6.07, 6.45) is 3.37. The maximum absolute atomic E-state index is 14.4. The summed E-state index contributed by atoms with van der Waals surface area (Å²) in [5.41, 5.74) is 1.20. The average molecular weight is 381 g/mol. The maximum Gasteiger partial charge on any atom is 0.302 e. The number of anilines is 1. The van der Waals surface area contributed by atoms with Crippen LogP contribution in [0.25, 0.3) is 0 Å². The van der Waals surface area contributed by atoms with Crippen LogP contribution < -0.4 is 10.2 Å². The minimum atomic E-state index is -0.582. The highest BCUT2D eigenvalue weighted by Gasteiger charge is 2.21. The minimum Gasteiger partial charge on any atom is -0.461 e. The summed E-state index contributed by atoms with van der Waals surface area (Å²) in [5, 5.41) is 7.55. The van der Waals surface area contributed by atoms with E-state index in [2.05, 4.69) is 10.5 Å². The number of hydrogen-bond donors (Lipinski definition) is 1. The molecule has 0 aromatic heterocycles. The third kappa shape index (κ3) is 5.38. The van der Waals surface area contributed by atoms with E-state index in [1.807, 2.05) is 0 Å². The highest BCUT2D eigenvalue weighted by atomic mass is 19.1. The van der Waals surface area contributed by atoms with Crippen molar-refractivity contribution in [2.75, 3.05) is 31.1 Å². The number of carbonyl (C=O) groups is 1. The summed E-state index contributed by atoms with van der Waals surface area (Å²) < 4.78 is 33.4. The highest BCUT2D eigenvalue weighted by Crippen LogP contribution is 2.26. The van der Waals surface area contributed by atoms with Gasteiger partial charge in [0.25, 0.3) is 0 Å². The molecule has 2 aliphatic rings. The predicted molar refractivity (Wildman–Crippen MR) is 97.7 cm³/mol. The van der Waals surface area contributed by atoms with E-state index >= 15 is 0 Å². The number of benzene rings is 1. The van der Waals surface area contributed by atoms with Crippen molar-refractivity contribution in [2.24, 2.45) is 5.16 Å². The smallest absolute Gasteiger partial charge is 0.302 e. The lowest BCUT2D eigenvalue weighted by molar-refractivity contribution is -0.142. The Bertz CT molecular complexity index is 696. The molecule has 2 aliphatic heterocycles. The summed E-state index contributed by atoms with van der Waals surface area (Å²) in [5.74, 6) is -1.64. The molecule has 2 saturated heterocycles. The molecule has 27 heavy (non-hydrogen) atoms. The topological polar surface area (TPSA) is 63.2 Å². The second kappa shape index (κ2) is 9.12. The fourth-order valence-corrected chi connectivity index (χ4v) is 3.26. The Balaban J connectivity index is 1.57. The van der Waals surface area contributed by atoms with E-state index in [4.69, 9.17) is 9.57 Å². The Labute approximate surface area is 157 Å². The van der Waals surface area contributed by atoms with E-state index in [1.54, 1.807) is 4.90 Å². The van der Waals surface area contributed by atoms with Gasteiger partial charge in [0.1, 0.15) is 24.3 Å². The van der Waals surface area contributed by atoms with Gasteiger partial charge in [0.05, 0.1) is 11.4 Å². The summed E-state index contributed by atoms with van der Waals surface area (Å²) in [7, 11) is 0. The number of piperidine rings is 2. The summed E-state index contributed by atoms with van der Waals surface area (Å²) in [6.45, 7) is 3.94. The van der Waals surface area contributed by atoms with E-state index in [1.165, 1.54) is 13.0 Å². The number of nitrogens with one attached hydrogen (secondary N) is 1. The van der Waals surface area contributed by atoms with Crippen LogP contribution in [-0.4, -0.2) is 44.0 Å². The molecule has 6 nitrogen and oxygen atoms in total. The highest BCUT2D eigenvalue weighted by molar-refractivity contribution is 5.86. The molecule has 0 amide bonds. The first kappa shape index (κ1) is 19.5. The molecule has 0 aliphatic carbocycles. The molecule has 148 valence electrons. The van der Waals surface area contributed by atoms with Crippen molar-refractivity contribution in [3.8, 4) is 0 Å². The van der Waals surface area contributed by atoms with Gasteiger partial charge in [0.15, 0.2) is 0 Å². The lowest BCUT2D eigenvalue weighted by atomic mass is 10.1. The van der Waals surface area contributed by atoms with Crippen LogP contribution in [0.3, 0.4) is 0 Å². The first-order valence-electron chi connectivity index (χ1n) is 9.31. The molecule has 0 atom stereocenters. The third-order valence-corrected chi connectivity index (χ3v) is 4.85. The molecule has 1 aromatic rings. The van der Waals surface area contributed by atoms with Crippen molar-refractivity contribution >= 4 is 17.4 Å². The first-order chi connectivity index (χ1) is 13.0. The average Bonchev–Trinajstić information content (AvgIpc) is 2.68. The molecule has 0 bridgehead atoms. The van der Waals surface area contributed by atoms with Gasteiger partial charge in [-0.15, -0.1) is 0 Å². The van der Waals surface area contributed by atoms with E-state index in [9.17, 15) is 13.6 Å². The summed E-state index contributed by atoms with van der Waals surface area (Å²) in [6, 6.07) is 2.26. The van der Waals surface area contributed by atoms with E-state index in [0.29, 0.717) is 25.9 Å². The normalized spacial score (nSPS) is 18.3. The molecule has 3 rings (SSSR count). The number of esters is 1. The van der Waals surface area contributed by atoms with Crippen molar-refractivity contribution in [2.45, 2.75) is 45.3 Å². The zero-order valence-corrected chi connectivity index (χ0v) is 15.5. The van der Waals surface area contributed by atoms with Crippen molar-refractivity contribution in [3.05, 3.63) is 29.3 Å². The van der Waals surface area contributed by atoms with Crippen LogP contribution in [0.4, 0.5) is 14.5 Å². The monoisotopic (exact) mass is 381 g/mol. The summed E-state index contributed by atoms with van der Waals surface area (Å²) in [4.78, 5) is 18.3. The van der Waals surface area contributed by atoms with Crippen LogP contribution in [0.5, 0.6) is 0 Å². The molecular formula is C19H25F2N3O3. The standard InChI is InChI=1S/C19H25F2N3O3/c1-13(25)26-12-14-10-18(21)19(11-17(14)20)24-8-4-15(5-9-24)23-27-16-2-6-22-7-3-16/h10-11,16,22H,2-9,12H2,1H3. The van der Waals surface area contributed by atoms with E-state index in [-0.39, 0.29) is 24.0 Å². The lowest BCUT2D eigenvalue weighted by Gasteiger charge is -2.30. The fourth-order valence-electron chi connectivity index (χ4n) is 3.26. The van der Waals surface area contributed by atoms with Crippen molar-refractivity contribution in [1.82, 2.24) is 5.32 Å². The number of carbonyl (C=O) groups excluding carboxylic acids is 1. The number of ether oxygens (including phenoxy) is 1. The van der Waals surface area contributed by atoms with Gasteiger partial charge in [-0.3, -0.25) is 4.79 Å². The SMILES string of the molecule is CC(=O)OCc1cc(F)c(N2CCC(=NOC3CCNCC3)CC2)cc1F. The Morgan fingerprint density at radius 3 is 2.59 bits per heavy atom. The molecule has 2 fully saturated rings. The number of nitrogens with zero attached hydrogens (tertiary/aromatic N) is 2. The Hall–Kier alpha value is -2.22. The van der Waals surface area contributed by atoms with Gasteiger partial charge in [-0.05, 0) is 32.0 Å². The van der Waals surface area contributed by atoms with Crippen LogP contribution in [0.2, 0.25) is 0 Å². The number of hydrogen-bond acceptors (Lipinski definition) is 6. The van der Waals surface area contributed by atoms with Gasteiger partial charge in [-0.25, -0.2) is 8.78 Å². The Morgan fingerprint density at radius 2 is 1.93 bits per heavy atom. The van der Waals surface area contributed by atoms with Crippen LogP contribution in [0, 0.1) is 11.6 Å². The van der Waals surface area contributed by atoms with Gasteiger partial charge in [-0.1, -0.05) is 5.16 Å². The first-order valence-corrected chi connectivity index (χ1v) is 9.31. The molecule has 0 spiro atoms. The molecule has 0 unspecified atom stereocenters. The predicted octanol–water partition coefficient (Wildman–Crippen LogP) is 2.75. The number of oxime groups is 1. The van der Waals surface area contributed by atoms with Crippen molar-refractivity contribution in [1.29, 1.82) is 0 Å². The number of halogens is 2.